The lowest BCUT2D eigenvalue weighted by Gasteiger charge is -2.49. The minimum absolute atomic E-state index is 0.0426. The maximum atomic E-state index is 13.5. The summed E-state index contributed by atoms with van der Waals surface area (Å²) >= 11 is 0. The van der Waals surface area contributed by atoms with Gasteiger partial charge in [-0.15, -0.1) is 0 Å². The molecular weight excluding hydrogens is 556 g/mol. The molecule has 2 aromatic rings. The topological polar surface area (TPSA) is 171 Å². The van der Waals surface area contributed by atoms with E-state index in [-0.39, 0.29) is 21.6 Å². The van der Waals surface area contributed by atoms with Gasteiger partial charge in [0.15, 0.2) is 5.70 Å². The molecular formula is C24H20N2O11S2. The number of benzene rings is 2. The Morgan fingerprint density at radius 2 is 1.54 bits per heavy atom. The van der Waals surface area contributed by atoms with Gasteiger partial charge in [0.2, 0.25) is 0 Å². The zero-order chi connectivity index (χ0) is 28.3. The van der Waals surface area contributed by atoms with E-state index in [9.17, 15) is 36.0 Å². The quantitative estimate of drug-likeness (QED) is 0.210. The number of β-lactam (4-membered cyclic amide) rings is 1. The van der Waals surface area contributed by atoms with Crippen LogP contribution in [0.1, 0.15) is 33.2 Å². The highest BCUT2D eigenvalue weighted by Crippen LogP contribution is 2.37. The van der Waals surface area contributed by atoms with E-state index in [0.29, 0.717) is 4.90 Å². The zero-order valence-electron chi connectivity index (χ0n) is 20.4. The fraction of sp³-hybridized carbons (Fsp3) is 0.250. The molecule has 13 nitrogen and oxygen atoms in total. The number of imide groups is 1. The summed E-state index contributed by atoms with van der Waals surface area (Å²) in [6.45, 7) is -0.137. The summed E-state index contributed by atoms with van der Waals surface area (Å²) in [6.07, 6.45) is 0.751. The summed E-state index contributed by atoms with van der Waals surface area (Å²) < 4.78 is 64.8. The summed E-state index contributed by atoms with van der Waals surface area (Å²) in [5, 5.41) is 0. The Morgan fingerprint density at radius 3 is 2.15 bits per heavy atom. The number of carbonyl (C=O) groups is 4. The lowest BCUT2D eigenvalue weighted by Crippen LogP contribution is -2.73. The number of rotatable bonds is 5. The van der Waals surface area contributed by atoms with Gasteiger partial charge in [0, 0.05) is 5.56 Å². The predicted octanol–water partition coefficient (Wildman–Crippen LogP) is 0.532. The maximum Gasteiger partial charge on any atom is 0.358 e. The molecule has 3 heterocycles. The Kier molecular flexibility index (Phi) is 6.32. The van der Waals surface area contributed by atoms with Crippen molar-refractivity contribution >= 4 is 43.9 Å². The fourth-order valence-corrected chi connectivity index (χ4v) is 6.22. The van der Waals surface area contributed by atoms with E-state index in [1.54, 1.807) is 0 Å². The molecule has 204 valence electrons. The highest BCUT2D eigenvalue weighted by atomic mass is 32.2. The monoisotopic (exact) mass is 576 g/mol. The van der Waals surface area contributed by atoms with E-state index in [1.165, 1.54) is 48.5 Å². The molecule has 0 saturated carbocycles. The first kappa shape index (κ1) is 26.5. The number of hydrogen-bond acceptors (Lipinski definition) is 11. The normalized spacial score (nSPS) is 22.7. The Balaban J connectivity index is 1.56. The lowest BCUT2D eigenvalue weighted by atomic mass is 9.92. The lowest BCUT2D eigenvalue weighted by molar-refractivity contribution is -0.160. The number of cyclic esters (lactones) is 1. The number of hydrogen-bond donors (Lipinski definition) is 0. The van der Waals surface area contributed by atoms with Crippen LogP contribution in [0.2, 0.25) is 0 Å². The number of fused-ring (bicyclic) bond motifs is 2. The zero-order valence-corrected chi connectivity index (χ0v) is 22.0. The maximum absolute atomic E-state index is 13.5. The van der Waals surface area contributed by atoms with Gasteiger partial charge in [-0.25, -0.2) is 4.79 Å². The average molecular weight is 577 g/mol. The predicted molar refractivity (Wildman–Crippen MR) is 129 cm³/mol. The van der Waals surface area contributed by atoms with Crippen LogP contribution in [-0.4, -0.2) is 75.3 Å². The number of amides is 3. The highest BCUT2D eigenvalue weighted by Gasteiger charge is 2.59. The summed E-state index contributed by atoms with van der Waals surface area (Å²) in [5.41, 5.74) is -0.441. The van der Waals surface area contributed by atoms with Crippen LogP contribution in [-0.2, 0) is 49.5 Å². The molecule has 0 aromatic heterocycles. The van der Waals surface area contributed by atoms with Crippen molar-refractivity contribution in [3.05, 3.63) is 76.7 Å². The van der Waals surface area contributed by atoms with E-state index in [2.05, 4.69) is 0 Å². The molecule has 39 heavy (non-hydrogen) atoms. The van der Waals surface area contributed by atoms with E-state index < -0.39 is 80.7 Å². The standard InChI is InChI=1S/C24H20N2O11S2/c1-13-19(24(30)35-11-14-7-3-6-10-18(14)39(33,34)37-13)25-17(12-36-38(2,31)32)20(23(25)29)26-21(27)15-8-4-5-9-16(15)22(26)28/h3-10,17,20H,11-12H2,1-2H3/t17-,20+/m1/s1. The van der Waals surface area contributed by atoms with Crippen LogP contribution in [0.4, 0.5) is 0 Å². The minimum Gasteiger partial charge on any atom is -0.456 e. The molecule has 3 aliphatic heterocycles. The fourth-order valence-electron chi connectivity index (χ4n) is 4.65. The van der Waals surface area contributed by atoms with E-state index in [4.69, 9.17) is 13.1 Å². The van der Waals surface area contributed by atoms with Crippen molar-refractivity contribution in [2.45, 2.75) is 30.5 Å². The van der Waals surface area contributed by atoms with Crippen molar-refractivity contribution in [3.8, 4) is 0 Å². The summed E-state index contributed by atoms with van der Waals surface area (Å²) in [4.78, 5) is 53.9. The number of esters is 1. The van der Waals surface area contributed by atoms with Gasteiger partial charge in [-0.05, 0) is 25.1 Å². The van der Waals surface area contributed by atoms with Crippen molar-refractivity contribution < 1.29 is 49.1 Å². The molecule has 3 aliphatic rings. The number of allylic oxidation sites excluding steroid dienone is 1. The van der Waals surface area contributed by atoms with Crippen molar-refractivity contribution in [1.82, 2.24) is 9.80 Å². The van der Waals surface area contributed by atoms with Crippen LogP contribution in [0.25, 0.3) is 0 Å². The van der Waals surface area contributed by atoms with Gasteiger partial charge in [0.25, 0.3) is 27.8 Å². The first-order valence-corrected chi connectivity index (χ1v) is 14.6. The molecule has 0 bridgehead atoms. The Bertz CT molecular complexity index is 1660. The molecule has 2 aromatic carbocycles. The third-order valence-electron chi connectivity index (χ3n) is 6.35. The van der Waals surface area contributed by atoms with E-state index in [0.717, 1.165) is 18.1 Å². The van der Waals surface area contributed by atoms with Gasteiger partial charge in [-0.3, -0.25) is 28.4 Å². The van der Waals surface area contributed by atoms with Crippen LogP contribution in [0, 0.1) is 0 Å². The molecule has 3 amide bonds. The summed E-state index contributed by atoms with van der Waals surface area (Å²) in [6, 6.07) is 8.55. The Morgan fingerprint density at radius 1 is 0.949 bits per heavy atom. The molecule has 0 spiro atoms. The summed E-state index contributed by atoms with van der Waals surface area (Å²) in [5.74, 6) is -4.27. The Labute approximate surface area is 222 Å². The third kappa shape index (κ3) is 4.47. The number of nitrogens with zero attached hydrogens (tertiary/aromatic N) is 2. The number of ether oxygens (including phenoxy) is 1. The molecule has 0 aliphatic carbocycles. The van der Waals surface area contributed by atoms with Gasteiger partial charge >= 0.3 is 16.1 Å². The minimum atomic E-state index is -4.48. The highest BCUT2D eigenvalue weighted by molar-refractivity contribution is 7.87. The summed E-state index contributed by atoms with van der Waals surface area (Å²) in [7, 11) is -8.56. The molecule has 1 fully saturated rings. The van der Waals surface area contributed by atoms with Crippen molar-refractivity contribution in [1.29, 1.82) is 0 Å². The number of likely N-dealkylation sites (tertiary alicyclic amines) is 1. The first-order chi connectivity index (χ1) is 18.3. The second-order valence-corrected chi connectivity index (χ2v) is 12.0. The van der Waals surface area contributed by atoms with Crippen LogP contribution in [0.15, 0.2) is 64.9 Å². The van der Waals surface area contributed by atoms with Gasteiger partial charge in [-0.1, -0.05) is 30.3 Å². The SMILES string of the molecule is CC1=C(N2C(=O)[C@@H](N3C(=O)c4ccccc4C3=O)[C@H]2COS(C)(=O)=O)C(=O)OCc2ccccc2S(=O)(=O)O1. The largest absolute Gasteiger partial charge is 0.456 e. The third-order valence-corrected chi connectivity index (χ3v) is 8.32. The molecule has 0 N–H and O–H groups in total. The second kappa shape index (κ2) is 9.29. The van der Waals surface area contributed by atoms with Crippen LogP contribution >= 0.6 is 0 Å². The van der Waals surface area contributed by atoms with Crippen LogP contribution in [0.5, 0.6) is 0 Å². The number of carbonyl (C=O) groups excluding carboxylic acids is 4. The smallest absolute Gasteiger partial charge is 0.358 e. The molecule has 15 heteroatoms. The second-order valence-electron chi connectivity index (χ2n) is 8.86. The van der Waals surface area contributed by atoms with Gasteiger partial charge in [0.1, 0.15) is 23.3 Å². The molecule has 0 radical (unpaired) electrons. The Hall–Kier alpha value is -4.08. The van der Waals surface area contributed by atoms with E-state index >= 15 is 0 Å². The van der Waals surface area contributed by atoms with Crippen molar-refractivity contribution in [2.75, 3.05) is 12.9 Å². The molecule has 1 saturated heterocycles. The van der Waals surface area contributed by atoms with Gasteiger partial charge in [0.05, 0.1) is 30.0 Å². The van der Waals surface area contributed by atoms with E-state index in [1.807, 2.05) is 0 Å². The molecule has 2 atom stereocenters. The molecule has 0 unspecified atom stereocenters. The van der Waals surface area contributed by atoms with Crippen LogP contribution < -0.4 is 0 Å². The van der Waals surface area contributed by atoms with Crippen molar-refractivity contribution in [3.63, 3.8) is 0 Å². The first-order valence-electron chi connectivity index (χ1n) is 11.4. The van der Waals surface area contributed by atoms with Gasteiger partial charge in [-0.2, -0.15) is 16.8 Å². The molecule has 5 rings (SSSR count). The van der Waals surface area contributed by atoms with Crippen LogP contribution in [0.3, 0.4) is 0 Å². The van der Waals surface area contributed by atoms with Gasteiger partial charge < -0.3 is 8.92 Å². The average Bonchev–Trinajstić information content (AvgIpc) is 3.13. The van der Waals surface area contributed by atoms with Crippen molar-refractivity contribution in [2.24, 2.45) is 0 Å².